The number of halogens is 5. The second kappa shape index (κ2) is 7.92. The van der Waals surface area contributed by atoms with Crippen LogP contribution in [-0.2, 0) is 6.54 Å². The molecule has 0 spiro atoms. The maximum absolute atomic E-state index is 13.8. The van der Waals surface area contributed by atoms with Crippen LogP contribution in [0.3, 0.4) is 0 Å². The average molecular weight is 416 g/mol. The zero-order valence-electron chi connectivity index (χ0n) is 14.7. The Kier molecular flexibility index (Phi) is 5.76. The Labute approximate surface area is 164 Å². The largest absolute Gasteiger partial charge is 0.340 e. The number of alkyl halides is 1. The molecule has 2 N–H and O–H groups in total. The number of imidazole rings is 1. The van der Waals surface area contributed by atoms with Gasteiger partial charge in [0.2, 0.25) is 5.95 Å². The standard InChI is InChI=1S/C18H17F4N5.ClH/c19-10-1-2-11(24-7-10)8-27-17-6-14(22)13(21)5-16(17)25-18(27)26-4-3-12(20)15(23)9-26;/h1-2,5-7,12,15H,3-4,8-9,23H2;1H/t12?,15-;/m1./s1. The van der Waals surface area contributed by atoms with Gasteiger partial charge in [-0.3, -0.25) is 4.98 Å². The van der Waals surface area contributed by atoms with Gasteiger partial charge in [0.1, 0.15) is 12.0 Å². The number of hydrogen-bond acceptors (Lipinski definition) is 4. The molecule has 1 aliphatic heterocycles. The van der Waals surface area contributed by atoms with Crippen LogP contribution in [0.15, 0.2) is 30.5 Å². The van der Waals surface area contributed by atoms with Gasteiger partial charge in [0.05, 0.1) is 35.5 Å². The van der Waals surface area contributed by atoms with Crippen molar-refractivity contribution in [1.29, 1.82) is 0 Å². The summed E-state index contributed by atoms with van der Waals surface area (Å²) in [4.78, 5) is 10.2. The van der Waals surface area contributed by atoms with Crippen LogP contribution in [0.5, 0.6) is 0 Å². The number of anilines is 1. The number of fused-ring (bicyclic) bond motifs is 1. The fraction of sp³-hybridized carbons (Fsp3) is 0.333. The summed E-state index contributed by atoms with van der Waals surface area (Å²) in [5.74, 6) is -2.05. The molecule has 1 saturated heterocycles. The number of benzene rings is 1. The van der Waals surface area contributed by atoms with Gasteiger partial charge in [0.15, 0.2) is 11.6 Å². The van der Waals surface area contributed by atoms with Gasteiger partial charge in [0, 0.05) is 25.2 Å². The minimum absolute atomic E-state index is 0. The van der Waals surface area contributed by atoms with Crippen LogP contribution in [0.2, 0.25) is 0 Å². The molecule has 2 atom stereocenters. The molecule has 150 valence electrons. The summed E-state index contributed by atoms with van der Waals surface area (Å²) < 4.78 is 56.0. The zero-order chi connectivity index (χ0) is 19.1. The fourth-order valence-corrected chi connectivity index (χ4v) is 3.30. The second-order valence-electron chi connectivity index (χ2n) is 6.64. The summed E-state index contributed by atoms with van der Waals surface area (Å²) in [5.41, 5.74) is 6.99. The number of pyridine rings is 1. The van der Waals surface area contributed by atoms with E-state index in [4.69, 9.17) is 5.73 Å². The van der Waals surface area contributed by atoms with Crippen LogP contribution < -0.4 is 10.6 Å². The van der Waals surface area contributed by atoms with Crippen LogP contribution in [0.1, 0.15) is 12.1 Å². The SMILES string of the molecule is Cl.N[C@@H]1CN(c2nc3cc(F)c(F)cc3n2Cc2ccc(F)cn2)CCC1F. The van der Waals surface area contributed by atoms with E-state index >= 15 is 0 Å². The van der Waals surface area contributed by atoms with Crippen molar-refractivity contribution in [3.05, 3.63) is 53.6 Å². The molecule has 10 heteroatoms. The molecular formula is C18H18ClF4N5. The van der Waals surface area contributed by atoms with E-state index in [9.17, 15) is 17.6 Å². The van der Waals surface area contributed by atoms with Gasteiger partial charge in [-0.25, -0.2) is 22.5 Å². The monoisotopic (exact) mass is 415 g/mol. The quantitative estimate of drug-likeness (QED) is 0.667. The molecule has 1 aliphatic rings. The van der Waals surface area contributed by atoms with E-state index in [0.29, 0.717) is 23.7 Å². The topological polar surface area (TPSA) is 60.0 Å². The lowest BCUT2D eigenvalue weighted by Crippen LogP contribution is -2.50. The number of aromatic nitrogens is 3. The van der Waals surface area contributed by atoms with Crippen molar-refractivity contribution in [3.63, 3.8) is 0 Å². The number of nitrogens with two attached hydrogens (primary N) is 1. The zero-order valence-corrected chi connectivity index (χ0v) is 15.5. The smallest absolute Gasteiger partial charge is 0.206 e. The van der Waals surface area contributed by atoms with Crippen molar-refractivity contribution >= 4 is 29.4 Å². The Morgan fingerprint density at radius 3 is 2.57 bits per heavy atom. The van der Waals surface area contributed by atoms with Gasteiger partial charge in [-0.2, -0.15) is 0 Å². The highest BCUT2D eigenvalue weighted by atomic mass is 35.5. The lowest BCUT2D eigenvalue weighted by Gasteiger charge is -2.34. The third kappa shape index (κ3) is 3.77. The number of rotatable bonds is 3. The Bertz CT molecular complexity index is 978. The second-order valence-corrected chi connectivity index (χ2v) is 6.64. The average Bonchev–Trinajstić information content (AvgIpc) is 2.97. The summed E-state index contributed by atoms with van der Waals surface area (Å²) in [5, 5.41) is 0. The van der Waals surface area contributed by atoms with Gasteiger partial charge < -0.3 is 15.2 Å². The highest BCUT2D eigenvalue weighted by Gasteiger charge is 2.29. The van der Waals surface area contributed by atoms with Gasteiger partial charge in [-0.1, -0.05) is 0 Å². The predicted octanol–water partition coefficient (Wildman–Crippen LogP) is 3.19. The van der Waals surface area contributed by atoms with Gasteiger partial charge in [0.25, 0.3) is 0 Å². The molecule has 3 aromatic rings. The van der Waals surface area contributed by atoms with Crippen LogP contribution in [0.25, 0.3) is 11.0 Å². The number of hydrogen-bond donors (Lipinski definition) is 1. The molecule has 0 saturated carbocycles. The van der Waals surface area contributed by atoms with E-state index in [1.165, 1.54) is 12.1 Å². The molecule has 0 radical (unpaired) electrons. The molecule has 1 aromatic carbocycles. The maximum Gasteiger partial charge on any atom is 0.206 e. The number of piperidine rings is 1. The first kappa shape index (κ1) is 20.3. The van der Waals surface area contributed by atoms with E-state index in [1.54, 1.807) is 9.47 Å². The molecule has 1 unspecified atom stereocenters. The highest BCUT2D eigenvalue weighted by molar-refractivity contribution is 5.85. The summed E-state index contributed by atoms with van der Waals surface area (Å²) in [7, 11) is 0. The van der Waals surface area contributed by atoms with Crippen molar-refractivity contribution in [2.45, 2.75) is 25.2 Å². The number of nitrogens with zero attached hydrogens (tertiary/aromatic N) is 4. The Balaban J connectivity index is 0.00000225. The first-order valence-corrected chi connectivity index (χ1v) is 8.52. The molecule has 2 aromatic heterocycles. The molecule has 28 heavy (non-hydrogen) atoms. The van der Waals surface area contributed by atoms with E-state index < -0.39 is 29.7 Å². The molecule has 0 amide bonds. The van der Waals surface area contributed by atoms with E-state index in [2.05, 4.69) is 9.97 Å². The van der Waals surface area contributed by atoms with Crippen molar-refractivity contribution in [2.24, 2.45) is 5.73 Å². The van der Waals surface area contributed by atoms with E-state index in [-0.39, 0.29) is 37.4 Å². The Morgan fingerprint density at radius 2 is 1.89 bits per heavy atom. The molecule has 0 aliphatic carbocycles. The van der Waals surface area contributed by atoms with Crippen molar-refractivity contribution in [1.82, 2.24) is 14.5 Å². The van der Waals surface area contributed by atoms with Crippen molar-refractivity contribution < 1.29 is 17.6 Å². The molecule has 0 bridgehead atoms. The van der Waals surface area contributed by atoms with Crippen LogP contribution >= 0.6 is 12.4 Å². The van der Waals surface area contributed by atoms with E-state index in [0.717, 1.165) is 18.3 Å². The minimum atomic E-state index is -1.10. The molecule has 5 nitrogen and oxygen atoms in total. The van der Waals surface area contributed by atoms with Crippen molar-refractivity contribution in [2.75, 3.05) is 18.0 Å². The van der Waals surface area contributed by atoms with Gasteiger partial charge in [-0.15, -0.1) is 12.4 Å². The summed E-state index contributed by atoms with van der Waals surface area (Å²) in [6.45, 7) is 0.772. The maximum atomic E-state index is 13.8. The summed E-state index contributed by atoms with van der Waals surface area (Å²) in [6.07, 6.45) is 0.216. The third-order valence-electron chi connectivity index (χ3n) is 4.73. The van der Waals surface area contributed by atoms with Gasteiger partial charge >= 0.3 is 0 Å². The summed E-state index contributed by atoms with van der Waals surface area (Å²) >= 11 is 0. The lowest BCUT2D eigenvalue weighted by atomic mass is 10.1. The highest BCUT2D eigenvalue weighted by Crippen LogP contribution is 2.28. The summed E-state index contributed by atoms with van der Waals surface area (Å²) in [6, 6.07) is 4.18. The first-order chi connectivity index (χ1) is 12.9. The van der Waals surface area contributed by atoms with Crippen molar-refractivity contribution in [3.8, 4) is 0 Å². The first-order valence-electron chi connectivity index (χ1n) is 8.52. The van der Waals surface area contributed by atoms with Crippen LogP contribution in [-0.4, -0.2) is 39.8 Å². The minimum Gasteiger partial charge on any atom is -0.340 e. The van der Waals surface area contributed by atoms with Crippen LogP contribution in [0, 0.1) is 17.5 Å². The lowest BCUT2D eigenvalue weighted by molar-refractivity contribution is 0.243. The van der Waals surface area contributed by atoms with Crippen LogP contribution in [0.4, 0.5) is 23.5 Å². The predicted molar refractivity (Wildman–Crippen MR) is 99.9 cm³/mol. The van der Waals surface area contributed by atoms with E-state index in [1.807, 2.05) is 0 Å². The normalized spacial score (nSPS) is 19.7. The molecule has 1 fully saturated rings. The Morgan fingerprint density at radius 1 is 1.14 bits per heavy atom. The fourth-order valence-electron chi connectivity index (χ4n) is 3.30. The van der Waals surface area contributed by atoms with Gasteiger partial charge in [-0.05, 0) is 18.6 Å². The molecule has 3 heterocycles. The molecular weight excluding hydrogens is 398 g/mol. The Hall–Kier alpha value is -2.39. The molecule has 4 rings (SSSR count). The third-order valence-corrected chi connectivity index (χ3v) is 4.73.